The zero-order valence-electron chi connectivity index (χ0n) is 12.5. The predicted octanol–water partition coefficient (Wildman–Crippen LogP) is 3.10. The topological polar surface area (TPSA) is 60.7 Å². The molecule has 114 valence electrons. The molecule has 1 aromatic rings. The lowest BCUT2D eigenvalue weighted by molar-refractivity contribution is -0.0372. The van der Waals surface area contributed by atoms with Gasteiger partial charge in [0, 0.05) is 0 Å². The standard InChI is InChI=1S/C18H24O3/c1-18-7-6-12-11-3-2-10(19)8-14(11)16(20)9-13(12)15(18)4-5-17(18)21/h2-3,8,12-13,15-17,19-21H,4-7,9H2,1H3/t12-,13-,15-,16-,17+,18+/m1/s1. The Kier molecular flexibility index (Phi) is 2.89. The summed E-state index contributed by atoms with van der Waals surface area (Å²) in [6, 6.07) is 5.47. The fraction of sp³-hybridized carbons (Fsp3) is 0.667. The second-order valence-electron chi connectivity index (χ2n) is 7.58. The molecule has 21 heavy (non-hydrogen) atoms. The lowest BCUT2D eigenvalue weighted by atomic mass is 9.55. The molecule has 0 radical (unpaired) electrons. The normalized spacial score (nSPS) is 44.8. The van der Waals surface area contributed by atoms with Gasteiger partial charge in [0.25, 0.3) is 0 Å². The Labute approximate surface area is 125 Å². The average molecular weight is 288 g/mol. The first-order valence-electron chi connectivity index (χ1n) is 8.19. The molecule has 0 aliphatic heterocycles. The Morgan fingerprint density at radius 2 is 1.90 bits per heavy atom. The van der Waals surface area contributed by atoms with Gasteiger partial charge >= 0.3 is 0 Å². The summed E-state index contributed by atoms with van der Waals surface area (Å²) >= 11 is 0. The Morgan fingerprint density at radius 3 is 2.71 bits per heavy atom. The van der Waals surface area contributed by atoms with Crippen LogP contribution >= 0.6 is 0 Å². The molecule has 0 unspecified atom stereocenters. The average Bonchev–Trinajstić information content (AvgIpc) is 2.76. The summed E-state index contributed by atoms with van der Waals surface area (Å²) in [4.78, 5) is 0. The molecule has 3 aliphatic carbocycles. The summed E-state index contributed by atoms with van der Waals surface area (Å²) in [5.74, 6) is 1.70. The van der Waals surface area contributed by atoms with Crippen LogP contribution in [0.2, 0.25) is 0 Å². The number of rotatable bonds is 0. The van der Waals surface area contributed by atoms with Crippen LogP contribution in [0.4, 0.5) is 0 Å². The lowest BCUT2D eigenvalue weighted by Gasteiger charge is -2.50. The van der Waals surface area contributed by atoms with Gasteiger partial charge in [-0.25, -0.2) is 0 Å². The van der Waals surface area contributed by atoms with Gasteiger partial charge < -0.3 is 15.3 Å². The molecule has 4 rings (SSSR count). The van der Waals surface area contributed by atoms with E-state index in [1.54, 1.807) is 12.1 Å². The van der Waals surface area contributed by atoms with Gasteiger partial charge in [0.2, 0.25) is 0 Å². The summed E-state index contributed by atoms with van der Waals surface area (Å²) in [7, 11) is 0. The molecule has 0 heterocycles. The maximum absolute atomic E-state index is 10.5. The summed E-state index contributed by atoms with van der Waals surface area (Å²) in [5.41, 5.74) is 2.17. The maximum atomic E-state index is 10.5. The first-order valence-corrected chi connectivity index (χ1v) is 8.19. The molecule has 0 bridgehead atoms. The number of hydrogen-bond acceptors (Lipinski definition) is 3. The van der Waals surface area contributed by atoms with Crippen molar-refractivity contribution in [1.82, 2.24) is 0 Å². The number of aliphatic hydroxyl groups is 2. The Bertz CT molecular complexity index is 570. The van der Waals surface area contributed by atoms with E-state index in [0.717, 1.165) is 37.7 Å². The fourth-order valence-corrected chi connectivity index (χ4v) is 5.55. The molecule has 0 spiro atoms. The number of aliphatic hydroxyl groups excluding tert-OH is 2. The Balaban J connectivity index is 1.75. The van der Waals surface area contributed by atoms with Gasteiger partial charge in [-0.2, -0.15) is 0 Å². The highest BCUT2D eigenvalue weighted by molar-refractivity contribution is 5.41. The largest absolute Gasteiger partial charge is 0.508 e. The van der Waals surface area contributed by atoms with E-state index in [1.165, 1.54) is 5.56 Å². The minimum atomic E-state index is -0.478. The number of phenols is 1. The number of hydrogen-bond donors (Lipinski definition) is 3. The molecule has 0 saturated heterocycles. The van der Waals surface area contributed by atoms with Crippen molar-refractivity contribution in [2.24, 2.45) is 17.3 Å². The van der Waals surface area contributed by atoms with Crippen molar-refractivity contribution in [1.29, 1.82) is 0 Å². The van der Waals surface area contributed by atoms with Crippen molar-refractivity contribution >= 4 is 0 Å². The van der Waals surface area contributed by atoms with Crippen LogP contribution in [-0.4, -0.2) is 21.4 Å². The summed E-state index contributed by atoms with van der Waals surface area (Å²) in [5, 5.41) is 30.6. The van der Waals surface area contributed by atoms with E-state index in [9.17, 15) is 15.3 Å². The molecule has 3 nitrogen and oxygen atoms in total. The molecule has 2 saturated carbocycles. The zero-order chi connectivity index (χ0) is 14.8. The summed E-state index contributed by atoms with van der Waals surface area (Å²) < 4.78 is 0. The van der Waals surface area contributed by atoms with E-state index in [-0.39, 0.29) is 17.3 Å². The van der Waals surface area contributed by atoms with Gasteiger partial charge in [0.1, 0.15) is 5.75 Å². The highest BCUT2D eigenvalue weighted by Crippen LogP contribution is 2.62. The van der Waals surface area contributed by atoms with Gasteiger partial charge in [0.15, 0.2) is 0 Å². The predicted molar refractivity (Wildman–Crippen MR) is 80.0 cm³/mol. The number of phenolic OH excluding ortho intramolecular Hbond substituents is 1. The highest BCUT2D eigenvalue weighted by Gasteiger charge is 2.55. The minimum absolute atomic E-state index is 0.0370. The van der Waals surface area contributed by atoms with Crippen molar-refractivity contribution in [3.05, 3.63) is 29.3 Å². The molecule has 2 fully saturated rings. The molecule has 3 heteroatoms. The van der Waals surface area contributed by atoms with Crippen molar-refractivity contribution in [3.63, 3.8) is 0 Å². The number of fused-ring (bicyclic) bond motifs is 5. The van der Waals surface area contributed by atoms with Gasteiger partial charge in [-0.1, -0.05) is 13.0 Å². The number of benzene rings is 1. The summed E-state index contributed by atoms with van der Waals surface area (Å²) in [6.45, 7) is 2.24. The van der Waals surface area contributed by atoms with E-state index in [1.807, 2.05) is 6.07 Å². The lowest BCUT2D eigenvalue weighted by Crippen LogP contribution is -2.44. The van der Waals surface area contributed by atoms with Crippen LogP contribution in [0.1, 0.15) is 62.2 Å². The van der Waals surface area contributed by atoms with Gasteiger partial charge in [-0.15, -0.1) is 0 Å². The van der Waals surface area contributed by atoms with Crippen LogP contribution in [0.3, 0.4) is 0 Å². The Hall–Kier alpha value is -1.06. The second kappa shape index (κ2) is 4.47. The molecule has 0 amide bonds. The SMILES string of the molecule is C[C@]12CC[C@@H]3c4ccc(O)cc4[C@H](O)C[C@H]3[C@H]1CC[C@@H]2O. The molecule has 3 N–H and O–H groups in total. The third-order valence-electron chi connectivity index (χ3n) is 6.71. The minimum Gasteiger partial charge on any atom is -0.508 e. The quantitative estimate of drug-likeness (QED) is 0.687. The van der Waals surface area contributed by atoms with Crippen molar-refractivity contribution in [3.8, 4) is 5.75 Å². The molecular formula is C18H24O3. The van der Waals surface area contributed by atoms with Crippen molar-refractivity contribution in [2.75, 3.05) is 0 Å². The second-order valence-corrected chi connectivity index (χ2v) is 7.58. The first-order chi connectivity index (χ1) is 10.0. The van der Waals surface area contributed by atoms with Crippen LogP contribution in [0.5, 0.6) is 5.75 Å². The van der Waals surface area contributed by atoms with E-state index in [4.69, 9.17) is 0 Å². The third kappa shape index (κ3) is 1.80. The molecular weight excluding hydrogens is 264 g/mol. The van der Waals surface area contributed by atoms with Crippen LogP contribution in [0.25, 0.3) is 0 Å². The van der Waals surface area contributed by atoms with Crippen LogP contribution < -0.4 is 0 Å². The van der Waals surface area contributed by atoms with Gasteiger partial charge in [-0.05, 0) is 78.5 Å². The molecule has 3 aliphatic rings. The number of aromatic hydroxyl groups is 1. The molecule has 0 aromatic heterocycles. The van der Waals surface area contributed by atoms with Crippen LogP contribution in [0, 0.1) is 17.3 Å². The summed E-state index contributed by atoms with van der Waals surface area (Å²) in [6.07, 6.45) is 4.25. The zero-order valence-corrected chi connectivity index (χ0v) is 12.5. The van der Waals surface area contributed by atoms with E-state index < -0.39 is 6.10 Å². The van der Waals surface area contributed by atoms with Gasteiger partial charge in [-0.3, -0.25) is 0 Å². The van der Waals surface area contributed by atoms with E-state index in [2.05, 4.69) is 6.92 Å². The highest BCUT2D eigenvalue weighted by atomic mass is 16.3. The van der Waals surface area contributed by atoms with Crippen molar-refractivity contribution < 1.29 is 15.3 Å². The van der Waals surface area contributed by atoms with E-state index in [0.29, 0.717) is 17.8 Å². The van der Waals surface area contributed by atoms with Crippen molar-refractivity contribution in [2.45, 2.75) is 57.2 Å². The molecule has 6 atom stereocenters. The Morgan fingerprint density at radius 1 is 1.10 bits per heavy atom. The van der Waals surface area contributed by atoms with Crippen LogP contribution in [-0.2, 0) is 0 Å². The fourth-order valence-electron chi connectivity index (χ4n) is 5.55. The van der Waals surface area contributed by atoms with E-state index >= 15 is 0 Å². The maximum Gasteiger partial charge on any atom is 0.115 e. The first kappa shape index (κ1) is 13.6. The van der Waals surface area contributed by atoms with Gasteiger partial charge in [0.05, 0.1) is 12.2 Å². The van der Waals surface area contributed by atoms with Crippen LogP contribution in [0.15, 0.2) is 18.2 Å². The monoisotopic (exact) mass is 288 g/mol. The smallest absolute Gasteiger partial charge is 0.115 e. The molecule has 1 aromatic carbocycles. The third-order valence-corrected chi connectivity index (χ3v) is 6.71.